The number of carbonyl (C=O) groups excluding carboxylic acids is 1. The molecule has 2 N–H and O–H groups in total. The Morgan fingerprint density at radius 2 is 2.00 bits per heavy atom. The van der Waals surface area contributed by atoms with Gasteiger partial charge in [-0.05, 0) is 17.5 Å². The summed E-state index contributed by atoms with van der Waals surface area (Å²) in [5.74, 6) is 0. The van der Waals surface area contributed by atoms with Gasteiger partial charge in [-0.2, -0.15) is 0 Å². The van der Waals surface area contributed by atoms with E-state index in [1.54, 1.807) is 0 Å². The Morgan fingerprint density at radius 1 is 1.42 bits per heavy atom. The Hall–Kier alpha value is -1.15. The summed E-state index contributed by atoms with van der Waals surface area (Å²) < 4.78 is 0. The highest BCUT2D eigenvalue weighted by atomic mass is 16.1. The minimum atomic E-state index is -0.476. The van der Waals surface area contributed by atoms with Gasteiger partial charge in [0.1, 0.15) is 6.29 Å². The fourth-order valence-electron chi connectivity index (χ4n) is 1.05. The van der Waals surface area contributed by atoms with E-state index in [-0.39, 0.29) is 0 Å². The van der Waals surface area contributed by atoms with E-state index in [2.05, 4.69) is 6.92 Å². The van der Waals surface area contributed by atoms with E-state index in [0.717, 1.165) is 18.3 Å². The molecule has 1 atom stereocenters. The van der Waals surface area contributed by atoms with Gasteiger partial charge >= 0.3 is 0 Å². The van der Waals surface area contributed by atoms with Crippen molar-refractivity contribution >= 4 is 6.29 Å². The quantitative estimate of drug-likeness (QED) is 0.685. The fourth-order valence-corrected chi connectivity index (χ4v) is 1.05. The summed E-state index contributed by atoms with van der Waals surface area (Å²) >= 11 is 0. The molecule has 0 fully saturated rings. The minimum absolute atomic E-state index is 0.476. The third kappa shape index (κ3) is 1.92. The van der Waals surface area contributed by atoms with Gasteiger partial charge in [0.2, 0.25) is 0 Å². The van der Waals surface area contributed by atoms with Crippen LogP contribution in [0.4, 0.5) is 0 Å². The smallest absolute Gasteiger partial charge is 0.141 e. The third-order valence-electron chi connectivity index (χ3n) is 1.92. The molecule has 0 aliphatic heterocycles. The third-order valence-corrected chi connectivity index (χ3v) is 1.92. The largest absolute Gasteiger partial charge is 0.318 e. The molecule has 12 heavy (non-hydrogen) atoms. The number of aryl methyl sites for hydroxylation is 1. The molecule has 0 spiro atoms. The summed E-state index contributed by atoms with van der Waals surface area (Å²) in [7, 11) is 0. The zero-order valence-electron chi connectivity index (χ0n) is 7.16. The van der Waals surface area contributed by atoms with Crippen LogP contribution in [-0.2, 0) is 11.2 Å². The molecule has 0 radical (unpaired) electrons. The van der Waals surface area contributed by atoms with Crippen LogP contribution in [0, 0.1) is 0 Å². The predicted octanol–water partition coefficient (Wildman–Crippen LogP) is 1.45. The Labute approximate surface area is 72.4 Å². The van der Waals surface area contributed by atoms with E-state index >= 15 is 0 Å². The highest BCUT2D eigenvalue weighted by Gasteiger charge is 2.01. The van der Waals surface area contributed by atoms with Gasteiger partial charge < -0.3 is 10.5 Å². The van der Waals surface area contributed by atoms with Crippen molar-refractivity contribution in [2.75, 3.05) is 0 Å². The van der Waals surface area contributed by atoms with E-state index < -0.39 is 6.04 Å². The van der Waals surface area contributed by atoms with E-state index in [9.17, 15) is 4.79 Å². The van der Waals surface area contributed by atoms with E-state index in [4.69, 9.17) is 5.73 Å². The number of hydrogen-bond acceptors (Lipinski definition) is 2. The minimum Gasteiger partial charge on any atom is -0.318 e. The molecule has 2 nitrogen and oxygen atoms in total. The lowest BCUT2D eigenvalue weighted by atomic mass is 10.1. The molecule has 1 rings (SSSR count). The van der Waals surface area contributed by atoms with Crippen molar-refractivity contribution in [1.29, 1.82) is 0 Å². The lowest BCUT2D eigenvalue weighted by Gasteiger charge is -2.04. The molecule has 0 saturated heterocycles. The maximum absolute atomic E-state index is 10.3. The monoisotopic (exact) mass is 163 g/mol. The average Bonchev–Trinajstić information content (AvgIpc) is 2.17. The molecule has 0 aliphatic carbocycles. The van der Waals surface area contributed by atoms with Crippen molar-refractivity contribution in [3.63, 3.8) is 0 Å². The lowest BCUT2D eigenvalue weighted by molar-refractivity contribution is -0.109. The van der Waals surface area contributed by atoms with Gasteiger partial charge in [-0.15, -0.1) is 0 Å². The van der Waals surface area contributed by atoms with Crippen LogP contribution < -0.4 is 5.73 Å². The van der Waals surface area contributed by atoms with Crippen LogP contribution in [0.1, 0.15) is 24.1 Å². The molecule has 0 heterocycles. The number of rotatable bonds is 3. The van der Waals surface area contributed by atoms with Crippen LogP contribution in [0.25, 0.3) is 0 Å². The second-order valence-electron chi connectivity index (χ2n) is 2.76. The van der Waals surface area contributed by atoms with Gasteiger partial charge in [-0.3, -0.25) is 0 Å². The van der Waals surface area contributed by atoms with Crippen LogP contribution in [0.5, 0.6) is 0 Å². The summed E-state index contributed by atoms with van der Waals surface area (Å²) in [6.45, 7) is 2.09. The highest BCUT2D eigenvalue weighted by molar-refractivity contribution is 5.60. The van der Waals surface area contributed by atoms with Crippen molar-refractivity contribution in [3.05, 3.63) is 35.4 Å². The Kier molecular flexibility index (Phi) is 3.00. The fraction of sp³-hybridized carbons (Fsp3) is 0.300. The van der Waals surface area contributed by atoms with Gasteiger partial charge in [0, 0.05) is 0 Å². The molecular weight excluding hydrogens is 150 g/mol. The summed E-state index contributed by atoms with van der Waals surface area (Å²) in [4.78, 5) is 10.3. The summed E-state index contributed by atoms with van der Waals surface area (Å²) in [5, 5.41) is 0. The lowest BCUT2D eigenvalue weighted by Crippen LogP contribution is -2.10. The van der Waals surface area contributed by atoms with Crippen molar-refractivity contribution in [2.45, 2.75) is 19.4 Å². The second kappa shape index (κ2) is 4.02. The van der Waals surface area contributed by atoms with Gasteiger partial charge in [0.25, 0.3) is 0 Å². The maximum atomic E-state index is 10.3. The summed E-state index contributed by atoms with van der Waals surface area (Å²) in [6.07, 6.45) is 1.76. The molecule has 0 bridgehead atoms. The Morgan fingerprint density at radius 3 is 2.42 bits per heavy atom. The molecule has 64 valence electrons. The summed E-state index contributed by atoms with van der Waals surface area (Å²) in [5.41, 5.74) is 7.66. The second-order valence-corrected chi connectivity index (χ2v) is 2.76. The number of hydrogen-bond donors (Lipinski definition) is 1. The van der Waals surface area contributed by atoms with Gasteiger partial charge in [-0.1, -0.05) is 31.2 Å². The molecule has 2 heteroatoms. The zero-order chi connectivity index (χ0) is 8.97. The zero-order valence-corrected chi connectivity index (χ0v) is 7.16. The number of nitrogens with two attached hydrogens (primary N) is 1. The van der Waals surface area contributed by atoms with Crippen LogP contribution in [0.2, 0.25) is 0 Å². The molecule has 0 saturated carbocycles. The molecule has 0 amide bonds. The topological polar surface area (TPSA) is 43.1 Å². The molecule has 0 aromatic heterocycles. The van der Waals surface area contributed by atoms with Gasteiger partial charge in [0.15, 0.2) is 0 Å². The first kappa shape index (κ1) is 8.94. The van der Waals surface area contributed by atoms with E-state index in [0.29, 0.717) is 0 Å². The van der Waals surface area contributed by atoms with Crippen LogP contribution in [0.15, 0.2) is 24.3 Å². The predicted molar refractivity (Wildman–Crippen MR) is 48.8 cm³/mol. The Balaban J connectivity index is 2.84. The standard InChI is InChI=1S/C10H13NO/c1-2-8-3-5-9(6-4-8)10(11)7-12/h3-7,10H,2,11H2,1H3. The highest BCUT2D eigenvalue weighted by Crippen LogP contribution is 2.09. The molecule has 1 unspecified atom stereocenters. The van der Waals surface area contributed by atoms with Crippen molar-refractivity contribution in [1.82, 2.24) is 0 Å². The number of aldehydes is 1. The maximum Gasteiger partial charge on any atom is 0.141 e. The SMILES string of the molecule is CCc1ccc(C(N)C=O)cc1. The van der Waals surface area contributed by atoms with Crippen molar-refractivity contribution in [3.8, 4) is 0 Å². The number of carbonyl (C=O) groups is 1. The van der Waals surface area contributed by atoms with Crippen molar-refractivity contribution < 1.29 is 4.79 Å². The normalized spacial score (nSPS) is 12.5. The van der Waals surface area contributed by atoms with Crippen LogP contribution >= 0.6 is 0 Å². The first-order valence-electron chi connectivity index (χ1n) is 4.07. The van der Waals surface area contributed by atoms with E-state index in [1.807, 2.05) is 24.3 Å². The molecule has 0 aliphatic rings. The van der Waals surface area contributed by atoms with Gasteiger partial charge in [-0.25, -0.2) is 0 Å². The number of benzene rings is 1. The molecular formula is C10H13NO. The molecule has 1 aromatic carbocycles. The first-order chi connectivity index (χ1) is 5.77. The Bertz CT molecular complexity index is 253. The average molecular weight is 163 g/mol. The van der Waals surface area contributed by atoms with E-state index in [1.165, 1.54) is 5.56 Å². The summed E-state index contributed by atoms with van der Waals surface area (Å²) in [6, 6.07) is 7.32. The van der Waals surface area contributed by atoms with Crippen LogP contribution in [-0.4, -0.2) is 6.29 Å². The first-order valence-corrected chi connectivity index (χ1v) is 4.07. The molecule has 1 aromatic rings. The van der Waals surface area contributed by atoms with Crippen LogP contribution in [0.3, 0.4) is 0 Å². The van der Waals surface area contributed by atoms with Crippen molar-refractivity contribution in [2.24, 2.45) is 5.73 Å². The van der Waals surface area contributed by atoms with Gasteiger partial charge in [0.05, 0.1) is 6.04 Å².